The highest BCUT2D eigenvalue weighted by molar-refractivity contribution is 6.34. The fourth-order valence-corrected chi connectivity index (χ4v) is 1.10. The quantitative estimate of drug-likeness (QED) is 0.451. The maximum atomic E-state index is 5.78. The summed E-state index contributed by atoms with van der Waals surface area (Å²) in [5.41, 5.74) is 3.08. The van der Waals surface area contributed by atoms with Crippen molar-refractivity contribution in [3.63, 3.8) is 0 Å². The van der Waals surface area contributed by atoms with Crippen molar-refractivity contribution in [1.29, 1.82) is 0 Å². The van der Waals surface area contributed by atoms with E-state index in [-0.39, 0.29) is 0 Å². The van der Waals surface area contributed by atoms with E-state index in [2.05, 4.69) is 6.58 Å². The van der Waals surface area contributed by atoms with E-state index in [4.69, 9.17) is 7.85 Å². The van der Waals surface area contributed by atoms with Crippen LogP contribution in [0.5, 0.6) is 0 Å². The first-order chi connectivity index (χ1) is 5.75. The van der Waals surface area contributed by atoms with Gasteiger partial charge < -0.3 is 0 Å². The predicted molar refractivity (Wildman–Crippen MR) is 55.8 cm³/mol. The van der Waals surface area contributed by atoms with E-state index in [0.29, 0.717) is 0 Å². The molecule has 1 aromatic carbocycles. The summed E-state index contributed by atoms with van der Waals surface area (Å²) in [7, 11) is 5.78. The van der Waals surface area contributed by atoms with Crippen molar-refractivity contribution in [2.75, 3.05) is 0 Å². The van der Waals surface area contributed by atoms with Crippen LogP contribution < -0.4 is 5.46 Å². The standard InChI is InChI=1S/C11H11B/c1-3-4-7-10-9(2)6-5-8-11(10)12/h3-8H,1H2,2H3/b7-4-. The molecule has 0 heterocycles. The van der Waals surface area contributed by atoms with Crippen molar-refractivity contribution in [3.8, 4) is 0 Å². The Morgan fingerprint density at radius 2 is 2.17 bits per heavy atom. The Morgan fingerprint density at radius 3 is 2.75 bits per heavy atom. The summed E-state index contributed by atoms with van der Waals surface area (Å²) in [5, 5.41) is 0. The van der Waals surface area contributed by atoms with Gasteiger partial charge in [0, 0.05) is 0 Å². The molecule has 1 rings (SSSR count). The predicted octanol–water partition coefficient (Wildman–Crippen LogP) is 1.99. The van der Waals surface area contributed by atoms with E-state index >= 15 is 0 Å². The highest BCUT2D eigenvalue weighted by atomic mass is 14.0. The molecule has 0 saturated carbocycles. The van der Waals surface area contributed by atoms with Gasteiger partial charge in [0.25, 0.3) is 0 Å². The molecule has 0 unspecified atom stereocenters. The molecule has 0 spiro atoms. The fourth-order valence-electron chi connectivity index (χ4n) is 1.10. The molecule has 0 N–H and O–H groups in total. The van der Waals surface area contributed by atoms with Crippen LogP contribution >= 0.6 is 0 Å². The molecule has 0 fully saturated rings. The maximum Gasteiger partial charge on any atom is 0.114 e. The molecule has 0 aromatic heterocycles. The molecule has 0 aliphatic carbocycles. The Labute approximate surface area is 75.0 Å². The zero-order valence-corrected chi connectivity index (χ0v) is 7.25. The second kappa shape index (κ2) is 3.96. The molecule has 2 radical (unpaired) electrons. The van der Waals surface area contributed by atoms with Gasteiger partial charge in [-0.25, -0.2) is 0 Å². The minimum atomic E-state index is 0.813. The van der Waals surface area contributed by atoms with Crippen LogP contribution in [-0.4, -0.2) is 7.85 Å². The molecule has 0 aliphatic heterocycles. The molecule has 1 heteroatoms. The SMILES string of the molecule is [B]c1cccc(C)c1/C=C\C=C. The molecule has 12 heavy (non-hydrogen) atoms. The molecular formula is C11H11B. The highest BCUT2D eigenvalue weighted by Gasteiger charge is 1.94. The first-order valence-corrected chi connectivity index (χ1v) is 3.90. The zero-order valence-electron chi connectivity index (χ0n) is 7.25. The lowest BCUT2D eigenvalue weighted by atomic mass is 9.88. The summed E-state index contributed by atoms with van der Waals surface area (Å²) >= 11 is 0. The van der Waals surface area contributed by atoms with Crippen molar-refractivity contribution in [2.24, 2.45) is 0 Å². The monoisotopic (exact) mass is 154 g/mol. The van der Waals surface area contributed by atoms with E-state index in [1.54, 1.807) is 6.08 Å². The minimum Gasteiger partial charge on any atom is -0.0991 e. The molecule has 0 saturated heterocycles. The molecule has 0 nitrogen and oxygen atoms in total. The smallest absolute Gasteiger partial charge is 0.0991 e. The maximum absolute atomic E-state index is 5.78. The van der Waals surface area contributed by atoms with E-state index in [1.807, 2.05) is 37.3 Å². The van der Waals surface area contributed by atoms with Crippen LogP contribution in [0.25, 0.3) is 6.08 Å². The lowest BCUT2D eigenvalue weighted by Gasteiger charge is -2.03. The Bertz CT molecular complexity index is 291. The van der Waals surface area contributed by atoms with Crippen LogP contribution in [0, 0.1) is 6.92 Å². The summed E-state index contributed by atoms with van der Waals surface area (Å²) in [6, 6.07) is 5.89. The molecule has 0 bridgehead atoms. The first kappa shape index (κ1) is 8.86. The summed E-state index contributed by atoms with van der Waals surface area (Å²) in [6.07, 6.45) is 5.60. The number of benzene rings is 1. The Hall–Kier alpha value is -1.24. The average Bonchev–Trinajstić information content (AvgIpc) is 2.04. The lowest BCUT2D eigenvalue weighted by Crippen LogP contribution is -2.07. The third-order valence-electron chi connectivity index (χ3n) is 1.76. The Kier molecular flexibility index (Phi) is 2.92. The zero-order chi connectivity index (χ0) is 8.97. The van der Waals surface area contributed by atoms with Gasteiger partial charge in [0.1, 0.15) is 7.85 Å². The van der Waals surface area contributed by atoms with E-state index in [0.717, 1.165) is 11.0 Å². The molecule has 0 amide bonds. The average molecular weight is 154 g/mol. The van der Waals surface area contributed by atoms with Gasteiger partial charge in [-0.05, 0) is 18.1 Å². The van der Waals surface area contributed by atoms with Crippen LogP contribution in [-0.2, 0) is 0 Å². The Balaban J connectivity index is 3.12. The van der Waals surface area contributed by atoms with Crippen LogP contribution in [0.2, 0.25) is 0 Å². The number of hydrogen-bond donors (Lipinski definition) is 0. The number of allylic oxidation sites excluding steroid dienone is 2. The molecule has 1 aromatic rings. The third-order valence-corrected chi connectivity index (χ3v) is 1.76. The molecular weight excluding hydrogens is 143 g/mol. The van der Waals surface area contributed by atoms with Crippen LogP contribution in [0.15, 0.2) is 36.9 Å². The highest BCUT2D eigenvalue weighted by Crippen LogP contribution is 2.05. The van der Waals surface area contributed by atoms with E-state index < -0.39 is 0 Å². The topological polar surface area (TPSA) is 0 Å². The fraction of sp³-hybridized carbons (Fsp3) is 0.0909. The van der Waals surface area contributed by atoms with Crippen molar-refractivity contribution < 1.29 is 0 Å². The van der Waals surface area contributed by atoms with Gasteiger partial charge in [-0.2, -0.15) is 0 Å². The lowest BCUT2D eigenvalue weighted by molar-refractivity contribution is 1.47. The van der Waals surface area contributed by atoms with E-state index in [9.17, 15) is 0 Å². The summed E-state index contributed by atoms with van der Waals surface area (Å²) < 4.78 is 0. The number of aryl methyl sites for hydroxylation is 1. The summed E-state index contributed by atoms with van der Waals surface area (Å²) in [6.45, 7) is 5.65. The van der Waals surface area contributed by atoms with Crippen LogP contribution in [0.1, 0.15) is 11.1 Å². The van der Waals surface area contributed by atoms with Crippen molar-refractivity contribution in [3.05, 3.63) is 48.1 Å². The van der Waals surface area contributed by atoms with Crippen molar-refractivity contribution >= 4 is 19.4 Å². The largest absolute Gasteiger partial charge is 0.114 e. The normalized spacial score (nSPS) is 10.4. The van der Waals surface area contributed by atoms with Crippen molar-refractivity contribution in [1.82, 2.24) is 0 Å². The molecule has 0 atom stereocenters. The summed E-state index contributed by atoms with van der Waals surface area (Å²) in [4.78, 5) is 0. The van der Waals surface area contributed by atoms with Gasteiger partial charge in [-0.15, -0.1) is 0 Å². The van der Waals surface area contributed by atoms with Crippen LogP contribution in [0.3, 0.4) is 0 Å². The first-order valence-electron chi connectivity index (χ1n) is 3.90. The number of hydrogen-bond acceptors (Lipinski definition) is 0. The van der Waals surface area contributed by atoms with Gasteiger partial charge in [0.2, 0.25) is 0 Å². The van der Waals surface area contributed by atoms with Gasteiger partial charge in [-0.3, -0.25) is 0 Å². The van der Waals surface area contributed by atoms with E-state index in [1.165, 1.54) is 5.56 Å². The van der Waals surface area contributed by atoms with Crippen molar-refractivity contribution in [2.45, 2.75) is 6.92 Å². The van der Waals surface area contributed by atoms with Gasteiger partial charge >= 0.3 is 0 Å². The third kappa shape index (κ3) is 1.88. The Morgan fingerprint density at radius 1 is 1.42 bits per heavy atom. The van der Waals surface area contributed by atoms with Crippen LogP contribution in [0.4, 0.5) is 0 Å². The minimum absolute atomic E-state index is 0.813. The van der Waals surface area contributed by atoms with Gasteiger partial charge in [0.05, 0.1) is 0 Å². The second-order valence-corrected chi connectivity index (χ2v) is 2.67. The molecule has 58 valence electrons. The summed E-state index contributed by atoms with van der Waals surface area (Å²) in [5.74, 6) is 0. The number of rotatable bonds is 2. The second-order valence-electron chi connectivity index (χ2n) is 2.67. The van der Waals surface area contributed by atoms with Gasteiger partial charge in [0.15, 0.2) is 0 Å². The molecule has 0 aliphatic rings. The van der Waals surface area contributed by atoms with Gasteiger partial charge in [-0.1, -0.05) is 48.5 Å².